The third-order valence-electron chi connectivity index (χ3n) is 5.96. The average molecular weight is 535 g/mol. The molecule has 9 heteroatoms. The molecular formula is C26H28Cl2N2O4S. The third-order valence-corrected chi connectivity index (χ3v) is 7.75. The van der Waals surface area contributed by atoms with Crippen molar-refractivity contribution in [3.63, 3.8) is 0 Å². The predicted molar refractivity (Wildman–Crippen MR) is 141 cm³/mol. The van der Waals surface area contributed by atoms with Crippen LogP contribution in [0.3, 0.4) is 0 Å². The molecule has 0 unspecified atom stereocenters. The minimum absolute atomic E-state index is 0.151. The molecule has 2 aromatic rings. The lowest BCUT2D eigenvalue weighted by molar-refractivity contribution is -0.145. The lowest BCUT2D eigenvalue weighted by Crippen LogP contribution is -2.48. The molecule has 2 aromatic carbocycles. The number of amides is 2. The molecule has 2 amide bonds. The van der Waals surface area contributed by atoms with Crippen LogP contribution in [0.2, 0.25) is 10.0 Å². The van der Waals surface area contributed by atoms with Crippen molar-refractivity contribution in [3.05, 3.63) is 69.7 Å². The Morgan fingerprint density at radius 2 is 1.80 bits per heavy atom. The van der Waals surface area contributed by atoms with Crippen LogP contribution in [0, 0.1) is 5.92 Å². The van der Waals surface area contributed by atoms with Gasteiger partial charge in [-0.3, -0.25) is 9.59 Å². The Bertz CT molecular complexity index is 1090. The van der Waals surface area contributed by atoms with Crippen molar-refractivity contribution in [3.8, 4) is 0 Å². The minimum atomic E-state index is -0.758. The van der Waals surface area contributed by atoms with E-state index in [9.17, 15) is 14.4 Å². The highest BCUT2D eigenvalue weighted by Gasteiger charge is 2.30. The topological polar surface area (TPSA) is 75.7 Å². The summed E-state index contributed by atoms with van der Waals surface area (Å²) < 4.78 is 4.88. The van der Waals surface area contributed by atoms with Crippen LogP contribution in [-0.2, 0) is 25.5 Å². The third kappa shape index (κ3) is 7.26. The largest absolute Gasteiger partial charge is 0.467 e. The average Bonchev–Trinajstić information content (AvgIpc) is 2.89. The van der Waals surface area contributed by atoms with Gasteiger partial charge < -0.3 is 15.0 Å². The maximum Gasteiger partial charge on any atom is 0.328 e. The van der Waals surface area contributed by atoms with Gasteiger partial charge >= 0.3 is 5.97 Å². The molecule has 3 rings (SSSR count). The fourth-order valence-corrected chi connectivity index (χ4v) is 5.11. The summed E-state index contributed by atoms with van der Waals surface area (Å²) in [4.78, 5) is 40.3. The lowest BCUT2D eigenvalue weighted by Gasteiger charge is -2.31. The van der Waals surface area contributed by atoms with Gasteiger partial charge in [-0.05, 0) is 42.4 Å². The van der Waals surface area contributed by atoms with Gasteiger partial charge in [0.05, 0.1) is 17.2 Å². The number of nitrogens with zero attached hydrogens (tertiary/aromatic N) is 1. The molecule has 1 N–H and O–H groups in total. The number of esters is 1. The van der Waals surface area contributed by atoms with Gasteiger partial charge in [-0.2, -0.15) is 0 Å². The van der Waals surface area contributed by atoms with E-state index in [2.05, 4.69) is 5.32 Å². The van der Waals surface area contributed by atoms with Gasteiger partial charge in [0.15, 0.2) is 0 Å². The van der Waals surface area contributed by atoms with Crippen molar-refractivity contribution in [2.75, 3.05) is 26.5 Å². The molecule has 1 saturated heterocycles. The fraction of sp³-hybridized carbons (Fsp3) is 0.346. The Morgan fingerprint density at radius 3 is 2.43 bits per heavy atom. The highest BCUT2D eigenvalue weighted by Crippen LogP contribution is 2.35. The number of thioether (sulfide) groups is 1. The second kappa shape index (κ2) is 13.0. The van der Waals surface area contributed by atoms with E-state index in [-0.39, 0.29) is 17.7 Å². The zero-order valence-electron chi connectivity index (χ0n) is 19.6. The number of rotatable bonds is 8. The van der Waals surface area contributed by atoms with Gasteiger partial charge in [0.1, 0.15) is 6.04 Å². The maximum absolute atomic E-state index is 12.9. The molecule has 1 heterocycles. The monoisotopic (exact) mass is 534 g/mol. The second-order valence-electron chi connectivity index (χ2n) is 8.19. The number of hydrogen-bond donors (Lipinski definition) is 1. The van der Waals surface area contributed by atoms with Crippen LogP contribution in [-0.4, -0.2) is 55.2 Å². The number of piperidine rings is 1. The molecular weight excluding hydrogens is 507 g/mol. The molecule has 1 aliphatic rings. The summed E-state index contributed by atoms with van der Waals surface area (Å²) in [5.41, 5.74) is 1.60. The fourth-order valence-electron chi connectivity index (χ4n) is 3.94. The zero-order chi connectivity index (χ0) is 25.4. The number of halogens is 2. The smallest absolute Gasteiger partial charge is 0.328 e. The van der Waals surface area contributed by atoms with Crippen molar-refractivity contribution in [2.45, 2.75) is 30.2 Å². The summed E-state index contributed by atoms with van der Waals surface area (Å²) >= 11 is 14.1. The first-order valence-corrected chi connectivity index (χ1v) is 13.2. The molecule has 1 aliphatic heterocycles. The Hall–Kier alpha value is -2.48. The van der Waals surface area contributed by atoms with E-state index in [0.29, 0.717) is 48.0 Å². The van der Waals surface area contributed by atoms with Crippen molar-refractivity contribution in [1.29, 1.82) is 0 Å². The Morgan fingerprint density at radius 1 is 1.11 bits per heavy atom. The molecule has 6 nitrogen and oxygen atoms in total. The number of methoxy groups -OCH3 is 1. The number of ether oxygens (including phenoxy) is 1. The van der Waals surface area contributed by atoms with Crippen molar-refractivity contribution in [2.24, 2.45) is 5.92 Å². The normalized spacial score (nSPS) is 15.1. The number of carbonyl (C=O) groups excluding carboxylic acids is 3. The van der Waals surface area contributed by atoms with Crippen LogP contribution in [0.1, 0.15) is 24.0 Å². The van der Waals surface area contributed by atoms with E-state index < -0.39 is 12.0 Å². The van der Waals surface area contributed by atoms with Gasteiger partial charge in [0, 0.05) is 36.4 Å². The molecule has 0 radical (unpaired) electrons. The first kappa shape index (κ1) is 27.1. The summed E-state index contributed by atoms with van der Waals surface area (Å²) in [6, 6.07) is 12.4. The SMILES string of the molecule is COC(=O)[C@H](Cc1ccccc1)NC(=O)C1CCN(C(=O)/C=C/c2ccc(SC)c(Cl)c2Cl)CC1. The standard InChI is InChI=1S/C26H28Cl2N2O4S/c1-34-26(33)20(16-17-6-4-3-5-7-17)29-25(32)19-12-14-30(15-13-19)22(31)11-9-18-8-10-21(35-2)24(28)23(18)27/h3-11,19-20H,12-16H2,1-2H3,(H,29,32)/b11-9+/t20-/m0/s1. The van der Waals surface area contributed by atoms with Crippen molar-refractivity contribution < 1.29 is 19.1 Å². The van der Waals surface area contributed by atoms with Crippen molar-refractivity contribution in [1.82, 2.24) is 10.2 Å². The van der Waals surface area contributed by atoms with Crippen LogP contribution >= 0.6 is 35.0 Å². The maximum atomic E-state index is 12.9. The molecule has 186 valence electrons. The molecule has 0 aliphatic carbocycles. The Balaban J connectivity index is 1.55. The van der Waals surface area contributed by atoms with Gasteiger partial charge in [-0.25, -0.2) is 4.79 Å². The van der Waals surface area contributed by atoms with Gasteiger partial charge in [-0.1, -0.05) is 59.6 Å². The molecule has 35 heavy (non-hydrogen) atoms. The van der Waals surface area contributed by atoms with Crippen LogP contribution in [0.25, 0.3) is 6.08 Å². The quantitative estimate of drug-likeness (QED) is 0.297. The summed E-state index contributed by atoms with van der Waals surface area (Å²) in [6.07, 6.45) is 6.43. The first-order valence-electron chi connectivity index (χ1n) is 11.2. The molecule has 0 spiro atoms. The predicted octanol–water partition coefficient (Wildman–Crippen LogP) is 4.87. The zero-order valence-corrected chi connectivity index (χ0v) is 22.0. The Labute approximate surface area is 220 Å². The van der Waals surface area contributed by atoms with E-state index in [1.165, 1.54) is 24.9 Å². The summed E-state index contributed by atoms with van der Waals surface area (Å²) in [5.74, 6) is -1.11. The van der Waals surface area contributed by atoms with E-state index in [0.717, 1.165) is 10.5 Å². The van der Waals surface area contributed by atoms with Gasteiger partial charge in [0.2, 0.25) is 11.8 Å². The van der Waals surface area contributed by atoms with Crippen LogP contribution in [0.15, 0.2) is 53.4 Å². The first-order chi connectivity index (χ1) is 16.8. The molecule has 0 saturated carbocycles. The summed E-state index contributed by atoms with van der Waals surface area (Å²) in [6.45, 7) is 0.894. The molecule has 1 atom stereocenters. The highest BCUT2D eigenvalue weighted by atomic mass is 35.5. The minimum Gasteiger partial charge on any atom is -0.467 e. The summed E-state index contributed by atoms with van der Waals surface area (Å²) in [5, 5.41) is 3.72. The van der Waals surface area contributed by atoms with E-state index in [4.69, 9.17) is 27.9 Å². The summed E-state index contributed by atoms with van der Waals surface area (Å²) in [7, 11) is 1.31. The van der Waals surface area contributed by atoms with E-state index in [1.807, 2.05) is 48.7 Å². The van der Waals surface area contributed by atoms with Crippen LogP contribution < -0.4 is 5.32 Å². The number of benzene rings is 2. The van der Waals surface area contributed by atoms with Gasteiger partial charge in [-0.15, -0.1) is 11.8 Å². The lowest BCUT2D eigenvalue weighted by atomic mass is 9.95. The highest BCUT2D eigenvalue weighted by molar-refractivity contribution is 7.98. The molecule has 0 bridgehead atoms. The number of hydrogen-bond acceptors (Lipinski definition) is 5. The molecule has 0 aromatic heterocycles. The Kier molecular flexibility index (Phi) is 10.1. The van der Waals surface area contributed by atoms with E-state index in [1.54, 1.807) is 11.0 Å². The number of nitrogens with one attached hydrogen (secondary N) is 1. The second-order valence-corrected chi connectivity index (χ2v) is 9.80. The van der Waals surface area contributed by atoms with Crippen molar-refractivity contribution >= 4 is 58.8 Å². The number of likely N-dealkylation sites (tertiary alicyclic amines) is 1. The van der Waals surface area contributed by atoms with Crippen LogP contribution in [0.4, 0.5) is 0 Å². The number of carbonyl (C=O) groups is 3. The van der Waals surface area contributed by atoms with E-state index >= 15 is 0 Å². The molecule has 1 fully saturated rings. The van der Waals surface area contributed by atoms with Crippen LogP contribution in [0.5, 0.6) is 0 Å². The van der Waals surface area contributed by atoms with Gasteiger partial charge in [0.25, 0.3) is 0 Å².